The van der Waals surface area contributed by atoms with Crippen LogP contribution in [0.15, 0.2) is 53.4 Å². The SMILES string of the molecule is Cc1nn(C)c(C)c1NS(=O)(=O)c1ccc(-c2ccccc2C=O)cc1. The van der Waals surface area contributed by atoms with Crippen LogP contribution >= 0.6 is 0 Å². The lowest BCUT2D eigenvalue weighted by Gasteiger charge is -2.10. The number of benzene rings is 2. The second-order valence-electron chi connectivity index (χ2n) is 6.00. The Hall–Kier alpha value is -2.93. The molecule has 134 valence electrons. The highest BCUT2D eigenvalue weighted by atomic mass is 32.2. The first-order valence-electron chi connectivity index (χ1n) is 8.01. The average Bonchev–Trinajstić information content (AvgIpc) is 2.87. The monoisotopic (exact) mass is 369 g/mol. The molecule has 26 heavy (non-hydrogen) atoms. The quantitative estimate of drug-likeness (QED) is 0.700. The molecule has 0 amide bonds. The molecule has 3 aromatic rings. The Morgan fingerprint density at radius 2 is 1.69 bits per heavy atom. The summed E-state index contributed by atoms with van der Waals surface area (Å²) in [4.78, 5) is 11.3. The third-order valence-corrected chi connectivity index (χ3v) is 5.67. The van der Waals surface area contributed by atoms with Crippen molar-refractivity contribution in [3.8, 4) is 11.1 Å². The zero-order valence-electron chi connectivity index (χ0n) is 14.7. The summed E-state index contributed by atoms with van der Waals surface area (Å²) in [6.45, 7) is 3.56. The molecule has 0 saturated carbocycles. The van der Waals surface area contributed by atoms with Crippen molar-refractivity contribution in [2.75, 3.05) is 4.72 Å². The highest BCUT2D eigenvalue weighted by Gasteiger charge is 2.19. The van der Waals surface area contributed by atoms with Gasteiger partial charge in [0, 0.05) is 12.6 Å². The van der Waals surface area contributed by atoms with Gasteiger partial charge in [-0.25, -0.2) is 8.42 Å². The van der Waals surface area contributed by atoms with Crippen molar-refractivity contribution in [2.45, 2.75) is 18.7 Å². The van der Waals surface area contributed by atoms with E-state index in [0.717, 1.165) is 23.1 Å². The second-order valence-corrected chi connectivity index (χ2v) is 7.69. The van der Waals surface area contributed by atoms with Crippen LogP contribution in [0.4, 0.5) is 5.69 Å². The number of aryl methyl sites for hydroxylation is 2. The van der Waals surface area contributed by atoms with Crippen molar-refractivity contribution >= 4 is 22.0 Å². The molecule has 0 aliphatic heterocycles. The van der Waals surface area contributed by atoms with E-state index < -0.39 is 10.0 Å². The normalized spacial score (nSPS) is 11.3. The molecule has 0 bridgehead atoms. The summed E-state index contributed by atoms with van der Waals surface area (Å²) in [6, 6.07) is 13.6. The average molecular weight is 369 g/mol. The smallest absolute Gasteiger partial charge is 0.262 e. The molecule has 0 radical (unpaired) electrons. The molecule has 1 N–H and O–H groups in total. The molecule has 0 unspecified atom stereocenters. The summed E-state index contributed by atoms with van der Waals surface area (Å²) in [7, 11) is -1.97. The predicted octanol–water partition coefficient (Wildman–Crippen LogP) is 3.32. The van der Waals surface area contributed by atoms with E-state index in [-0.39, 0.29) is 4.90 Å². The summed E-state index contributed by atoms with van der Waals surface area (Å²) in [6.07, 6.45) is 0.787. The van der Waals surface area contributed by atoms with Gasteiger partial charge in [-0.1, -0.05) is 36.4 Å². The maximum atomic E-state index is 12.7. The number of sulfonamides is 1. The lowest BCUT2D eigenvalue weighted by molar-refractivity contribution is 0.112. The third-order valence-electron chi connectivity index (χ3n) is 4.31. The molecular formula is C19H19N3O3S. The fourth-order valence-corrected chi connectivity index (χ4v) is 3.97. The van der Waals surface area contributed by atoms with Gasteiger partial charge < -0.3 is 0 Å². The fourth-order valence-electron chi connectivity index (χ4n) is 2.79. The number of nitrogens with one attached hydrogen (secondary N) is 1. The molecule has 2 aromatic carbocycles. The summed E-state index contributed by atoms with van der Waals surface area (Å²) in [5.74, 6) is 0. The van der Waals surface area contributed by atoms with Crippen molar-refractivity contribution in [3.63, 3.8) is 0 Å². The zero-order valence-corrected chi connectivity index (χ0v) is 15.5. The van der Waals surface area contributed by atoms with Gasteiger partial charge in [-0.15, -0.1) is 0 Å². The van der Waals surface area contributed by atoms with E-state index in [2.05, 4.69) is 9.82 Å². The van der Waals surface area contributed by atoms with Crippen LogP contribution in [-0.4, -0.2) is 24.5 Å². The lowest BCUT2D eigenvalue weighted by atomic mass is 10.0. The van der Waals surface area contributed by atoms with Crippen molar-refractivity contribution in [1.82, 2.24) is 9.78 Å². The molecule has 6 nitrogen and oxygen atoms in total. The van der Waals surface area contributed by atoms with Crippen LogP contribution in [0, 0.1) is 13.8 Å². The van der Waals surface area contributed by atoms with Crippen molar-refractivity contribution in [2.24, 2.45) is 7.05 Å². The Balaban J connectivity index is 1.93. The van der Waals surface area contributed by atoms with Gasteiger partial charge in [0.1, 0.15) is 0 Å². The predicted molar refractivity (Wildman–Crippen MR) is 101 cm³/mol. The van der Waals surface area contributed by atoms with Crippen LogP contribution in [0.3, 0.4) is 0 Å². The summed E-state index contributed by atoms with van der Waals surface area (Å²) < 4.78 is 29.6. The Labute approximate surface area is 152 Å². The number of aromatic nitrogens is 2. The van der Waals surface area contributed by atoms with Crippen molar-refractivity contribution in [3.05, 3.63) is 65.5 Å². The van der Waals surface area contributed by atoms with Crippen molar-refractivity contribution < 1.29 is 13.2 Å². The van der Waals surface area contributed by atoms with Crippen LogP contribution < -0.4 is 4.72 Å². The van der Waals surface area contributed by atoms with Crippen molar-refractivity contribution in [1.29, 1.82) is 0 Å². The van der Waals surface area contributed by atoms with E-state index in [0.29, 0.717) is 16.9 Å². The van der Waals surface area contributed by atoms with E-state index in [4.69, 9.17) is 0 Å². The summed E-state index contributed by atoms with van der Waals surface area (Å²) >= 11 is 0. The Morgan fingerprint density at radius 3 is 2.27 bits per heavy atom. The first-order valence-corrected chi connectivity index (χ1v) is 9.49. The van der Waals surface area contributed by atoms with Crippen LogP contribution in [0.1, 0.15) is 21.7 Å². The van der Waals surface area contributed by atoms with Gasteiger partial charge in [0.15, 0.2) is 6.29 Å². The van der Waals surface area contributed by atoms with Gasteiger partial charge in [0.05, 0.1) is 22.0 Å². The number of carbonyl (C=O) groups excluding carboxylic acids is 1. The molecule has 3 rings (SSSR count). The number of aldehydes is 1. The molecule has 0 aliphatic carbocycles. The lowest BCUT2D eigenvalue weighted by Crippen LogP contribution is -2.14. The molecular weight excluding hydrogens is 350 g/mol. The molecule has 1 heterocycles. The minimum Gasteiger partial charge on any atom is -0.298 e. The standard InChI is InChI=1S/C19H19N3O3S/c1-13-19(14(2)22(3)20-13)21-26(24,25)17-10-8-15(9-11-17)18-7-5-4-6-16(18)12-23/h4-12,21H,1-3H3. The largest absolute Gasteiger partial charge is 0.298 e. The minimum absolute atomic E-state index is 0.146. The first kappa shape index (κ1) is 17.9. The molecule has 0 spiro atoms. The van der Waals surface area contributed by atoms with E-state index >= 15 is 0 Å². The molecule has 0 fully saturated rings. The topological polar surface area (TPSA) is 81.1 Å². The van der Waals surface area contributed by atoms with Crippen LogP contribution in [0.2, 0.25) is 0 Å². The number of nitrogens with zero attached hydrogens (tertiary/aromatic N) is 2. The van der Waals surface area contributed by atoms with Crippen LogP contribution in [0.25, 0.3) is 11.1 Å². The van der Waals surface area contributed by atoms with Gasteiger partial charge in [-0.2, -0.15) is 5.10 Å². The molecule has 1 aromatic heterocycles. The van der Waals surface area contributed by atoms with E-state index in [1.165, 1.54) is 12.1 Å². The van der Waals surface area contributed by atoms with E-state index in [1.54, 1.807) is 49.8 Å². The van der Waals surface area contributed by atoms with Gasteiger partial charge in [-0.3, -0.25) is 14.2 Å². The number of anilines is 1. The minimum atomic E-state index is -3.73. The second kappa shape index (κ2) is 6.76. The van der Waals surface area contributed by atoms with E-state index in [9.17, 15) is 13.2 Å². The molecule has 0 saturated heterocycles. The van der Waals surface area contributed by atoms with Gasteiger partial charge >= 0.3 is 0 Å². The summed E-state index contributed by atoms with van der Waals surface area (Å²) in [5.41, 5.74) is 3.94. The zero-order chi connectivity index (χ0) is 18.9. The van der Waals surface area contributed by atoms with Gasteiger partial charge in [-0.05, 0) is 37.1 Å². The number of hydrogen-bond donors (Lipinski definition) is 1. The maximum absolute atomic E-state index is 12.7. The Kier molecular flexibility index (Phi) is 4.65. The molecule has 7 heteroatoms. The highest BCUT2D eigenvalue weighted by Crippen LogP contribution is 2.26. The van der Waals surface area contributed by atoms with E-state index in [1.807, 2.05) is 12.1 Å². The van der Waals surface area contributed by atoms with Crippen LogP contribution in [-0.2, 0) is 17.1 Å². The summed E-state index contributed by atoms with van der Waals surface area (Å²) in [5, 5.41) is 4.22. The third kappa shape index (κ3) is 3.25. The maximum Gasteiger partial charge on any atom is 0.262 e. The Bertz CT molecular complexity index is 1070. The highest BCUT2D eigenvalue weighted by molar-refractivity contribution is 7.92. The molecule has 0 atom stereocenters. The first-order chi connectivity index (χ1) is 12.3. The van der Waals surface area contributed by atoms with Gasteiger partial charge in [0.2, 0.25) is 0 Å². The fraction of sp³-hybridized carbons (Fsp3) is 0.158. The Morgan fingerprint density at radius 1 is 1.04 bits per heavy atom. The number of carbonyl (C=O) groups is 1. The molecule has 0 aliphatic rings. The number of rotatable bonds is 5. The van der Waals surface area contributed by atoms with Gasteiger partial charge in [0.25, 0.3) is 10.0 Å². The number of hydrogen-bond acceptors (Lipinski definition) is 4. The van der Waals surface area contributed by atoms with Crippen LogP contribution in [0.5, 0.6) is 0 Å².